The molecule has 0 radical (unpaired) electrons. The van der Waals surface area contributed by atoms with Crippen molar-refractivity contribution in [3.8, 4) is 0 Å². The summed E-state index contributed by atoms with van der Waals surface area (Å²) < 4.78 is 4.78. The van der Waals surface area contributed by atoms with Crippen LogP contribution in [0.3, 0.4) is 0 Å². The van der Waals surface area contributed by atoms with Crippen molar-refractivity contribution >= 4 is 11.7 Å². The Kier molecular flexibility index (Phi) is 5.12. The summed E-state index contributed by atoms with van der Waals surface area (Å²) in [6.07, 6.45) is 1.48. The summed E-state index contributed by atoms with van der Waals surface area (Å²) in [6.45, 7) is 1.10. The van der Waals surface area contributed by atoms with Crippen molar-refractivity contribution in [2.45, 2.75) is 25.5 Å². The molecule has 1 atom stereocenters. The number of piperidine rings is 1. The fourth-order valence-corrected chi connectivity index (χ4v) is 2.28. The van der Waals surface area contributed by atoms with Gasteiger partial charge in [-0.05, 0) is 25.5 Å². The Morgan fingerprint density at radius 2 is 2.15 bits per heavy atom. The Labute approximate surface area is 119 Å². The first-order valence-electron chi connectivity index (χ1n) is 6.70. The molecular formula is C15H20N2O3. The smallest absolute Gasteiger partial charge is 0.323 e. The van der Waals surface area contributed by atoms with E-state index in [0.717, 1.165) is 24.1 Å². The third kappa shape index (κ3) is 3.81. The zero-order chi connectivity index (χ0) is 14.4. The molecule has 0 bridgehead atoms. The van der Waals surface area contributed by atoms with Crippen LogP contribution in [0.15, 0.2) is 35.5 Å². The SMILES string of the molecule is COC(=O)[C@@H]1CC/C(=N\OCc2ccccc2)CN1C. The second kappa shape index (κ2) is 7.05. The van der Waals surface area contributed by atoms with Gasteiger partial charge >= 0.3 is 5.97 Å². The van der Waals surface area contributed by atoms with E-state index in [1.807, 2.05) is 42.3 Å². The number of methoxy groups -OCH3 is 1. The summed E-state index contributed by atoms with van der Waals surface area (Å²) >= 11 is 0. The molecule has 20 heavy (non-hydrogen) atoms. The first kappa shape index (κ1) is 14.5. The van der Waals surface area contributed by atoms with E-state index in [9.17, 15) is 4.79 Å². The van der Waals surface area contributed by atoms with E-state index in [2.05, 4.69) is 5.16 Å². The normalized spacial score (nSPS) is 21.7. The number of carbonyl (C=O) groups excluding carboxylic acids is 1. The minimum Gasteiger partial charge on any atom is -0.468 e. The van der Waals surface area contributed by atoms with Crippen LogP contribution in [0.4, 0.5) is 0 Å². The van der Waals surface area contributed by atoms with Crippen LogP contribution < -0.4 is 0 Å². The number of likely N-dealkylation sites (N-methyl/N-ethyl adjacent to an activating group) is 1. The molecule has 1 saturated heterocycles. The maximum Gasteiger partial charge on any atom is 0.323 e. The molecule has 108 valence electrons. The molecular weight excluding hydrogens is 256 g/mol. The number of rotatable bonds is 4. The van der Waals surface area contributed by atoms with Gasteiger partial charge in [-0.25, -0.2) is 0 Å². The largest absolute Gasteiger partial charge is 0.468 e. The molecule has 1 fully saturated rings. The molecule has 0 spiro atoms. The van der Waals surface area contributed by atoms with Crippen molar-refractivity contribution in [3.63, 3.8) is 0 Å². The lowest BCUT2D eigenvalue weighted by Crippen LogP contribution is -2.46. The van der Waals surface area contributed by atoms with E-state index in [1.165, 1.54) is 7.11 Å². The van der Waals surface area contributed by atoms with Gasteiger partial charge in [0.05, 0.1) is 12.8 Å². The number of likely N-dealkylation sites (tertiary alicyclic amines) is 1. The van der Waals surface area contributed by atoms with E-state index in [-0.39, 0.29) is 12.0 Å². The third-order valence-electron chi connectivity index (χ3n) is 3.41. The minimum absolute atomic E-state index is 0.173. The van der Waals surface area contributed by atoms with Gasteiger partial charge in [0.1, 0.15) is 12.6 Å². The van der Waals surface area contributed by atoms with Gasteiger partial charge in [0.25, 0.3) is 0 Å². The molecule has 2 rings (SSSR count). The Bertz CT molecular complexity index is 473. The fraction of sp³-hybridized carbons (Fsp3) is 0.467. The van der Waals surface area contributed by atoms with Crippen LogP contribution >= 0.6 is 0 Å². The van der Waals surface area contributed by atoms with Crippen LogP contribution in [0, 0.1) is 0 Å². The number of esters is 1. The summed E-state index contributed by atoms with van der Waals surface area (Å²) in [7, 11) is 3.32. The second-order valence-corrected chi connectivity index (χ2v) is 4.91. The van der Waals surface area contributed by atoms with Crippen molar-refractivity contribution in [2.75, 3.05) is 20.7 Å². The lowest BCUT2D eigenvalue weighted by molar-refractivity contribution is -0.146. The summed E-state index contributed by atoms with van der Waals surface area (Å²) in [5, 5.41) is 4.17. The molecule has 1 aliphatic heterocycles. The van der Waals surface area contributed by atoms with Crippen molar-refractivity contribution in [1.29, 1.82) is 0 Å². The summed E-state index contributed by atoms with van der Waals surface area (Å²) in [5.74, 6) is -0.184. The van der Waals surface area contributed by atoms with Crippen LogP contribution in [-0.2, 0) is 21.0 Å². The molecule has 0 unspecified atom stereocenters. The molecule has 0 saturated carbocycles. The highest BCUT2D eigenvalue weighted by Crippen LogP contribution is 2.15. The average molecular weight is 276 g/mol. The van der Waals surface area contributed by atoms with Gasteiger partial charge in [-0.15, -0.1) is 0 Å². The van der Waals surface area contributed by atoms with E-state index >= 15 is 0 Å². The summed E-state index contributed by atoms with van der Waals surface area (Å²) in [4.78, 5) is 18.9. The minimum atomic E-state index is -0.184. The maximum atomic E-state index is 11.5. The third-order valence-corrected chi connectivity index (χ3v) is 3.41. The van der Waals surface area contributed by atoms with Gasteiger partial charge in [-0.3, -0.25) is 9.69 Å². The van der Waals surface area contributed by atoms with Gasteiger partial charge in [0.15, 0.2) is 0 Å². The standard InChI is InChI=1S/C15H20N2O3/c1-17-10-13(8-9-14(17)15(18)19-2)16-20-11-12-6-4-3-5-7-12/h3-7,14H,8-11H2,1-2H3/b16-13+/t14-/m0/s1. The van der Waals surface area contributed by atoms with Crippen LogP contribution in [0.2, 0.25) is 0 Å². The molecule has 1 aromatic rings. The molecule has 5 nitrogen and oxygen atoms in total. The molecule has 0 amide bonds. The number of benzene rings is 1. The molecule has 0 aromatic heterocycles. The lowest BCUT2D eigenvalue weighted by atomic mass is 10.0. The molecule has 5 heteroatoms. The van der Waals surface area contributed by atoms with E-state index in [1.54, 1.807) is 0 Å². The number of ether oxygens (including phenoxy) is 1. The van der Waals surface area contributed by atoms with Crippen molar-refractivity contribution in [3.05, 3.63) is 35.9 Å². The van der Waals surface area contributed by atoms with Crippen LogP contribution in [0.1, 0.15) is 18.4 Å². The predicted molar refractivity (Wildman–Crippen MR) is 76.3 cm³/mol. The number of hydrogen-bond donors (Lipinski definition) is 0. The van der Waals surface area contributed by atoms with E-state index in [0.29, 0.717) is 13.2 Å². The Morgan fingerprint density at radius 3 is 2.80 bits per heavy atom. The fourth-order valence-electron chi connectivity index (χ4n) is 2.28. The zero-order valence-corrected chi connectivity index (χ0v) is 11.9. The summed E-state index contributed by atoms with van der Waals surface area (Å²) in [6, 6.07) is 9.75. The highest BCUT2D eigenvalue weighted by atomic mass is 16.6. The van der Waals surface area contributed by atoms with E-state index in [4.69, 9.17) is 9.57 Å². The number of hydrogen-bond acceptors (Lipinski definition) is 5. The Hall–Kier alpha value is -1.88. The van der Waals surface area contributed by atoms with E-state index < -0.39 is 0 Å². The van der Waals surface area contributed by atoms with Crippen molar-refractivity contribution in [2.24, 2.45) is 5.16 Å². The highest BCUT2D eigenvalue weighted by Gasteiger charge is 2.29. The predicted octanol–water partition coefficient (Wildman–Crippen LogP) is 1.83. The lowest BCUT2D eigenvalue weighted by Gasteiger charge is -2.30. The topological polar surface area (TPSA) is 51.1 Å². The second-order valence-electron chi connectivity index (χ2n) is 4.91. The highest BCUT2D eigenvalue weighted by molar-refractivity contribution is 5.89. The maximum absolute atomic E-state index is 11.5. The van der Waals surface area contributed by atoms with Gasteiger partial charge in [0, 0.05) is 6.54 Å². The number of nitrogens with zero attached hydrogens (tertiary/aromatic N) is 2. The zero-order valence-electron chi connectivity index (χ0n) is 11.9. The van der Waals surface area contributed by atoms with Gasteiger partial charge in [-0.1, -0.05) is 35.5 Å². The van der Waals surface area contributed by atoms with Crippen molar-refractivity contribution in [1.82, 2.24) is 4.90 Å². The monoisotopic (exact) mass is 276 g/mol. The Balaban J connectivity index is 1.83. The Morgan fingerprint density at radius 1 is 1.40 bits per heavy atom. The summed E-state index contributed by atoms with van der Waals surface area (Å²) in [5.41, 5.74) is 2.05. The van der Waals surface area contributed by atoms with Crippen molar-refractivity contribution < 1.29 is 14.4 Å². The van der Waals surface area contributed by atoms with Gasteiger partial charge in [-0.2, -0.15) is 0 Å². The quantitative estimate of drug-likeness (QED) is 0.622. The van der Waals surface area contributed by atoms with Crippen LogP contribution in [0.5, 0.6) is 0 Å². The molecule has 1 aliphatic rings. The van der Waals surface area contributed by atoms with Gasteiger partial charge < -0.3 is 9.57 Å². The first-order chi connectivity index (χ1) is 9.70. The number of carbonyl (C=O) groups is 1. The molecule has 1 heterocycles. The number of oxime groups is 1. The average Bonchev–Trinajstić information content (AvgIpc) is 2.48. The molecule has 1 aromatic carbocycles. The van der Waals surface area contributed by atoms with Crippen LogP contribution in [-0.4, -0.2) is 43.3 Å². The molecule has 0 aliphatic carbocycles. The van der Waals surface area contributed by atoms with Gasteiger partial charge in [0.2, 0.25) is 0 Å². The molecule has 0 N–H and O–H groups in total. The first-order valence-corrected chi connectivity index (χ1v) is 6.70. The van der Waals surface area contributed by atoms with Crippen LogP contribution in [0.25, 0.3) is 0 Å².